The van der Waals surface area contributed by atoms with Crippen LogP contribution in [-0.4, -0.2) is 39.7 Å². The maximum atomic E-state index is 9.76. The molecule has 5 nitrogen and oxygen atoms in total. The molecule has 1 fully saturated rings. The Morgan fingerprint density at radius 2 is 1.75 bits per heavy atom. The molecule has 2 heterocycles. The zero-order chi connectivity index (χ0) is 21.5. The van der Waals surface area contributed by atoms with E-state index in [1.54, 1.807) is 24.4 Å². The number of nitrogens with zero attached hydrogens (tertiary/aromatic N) is 3. The van der Waals surface area contributed by atoms with Crippen molar-refractivity contribution >= 4 is 12.4 Å². The lowest BCUT2D eigenvalue weighted by molar-refractivity contribution is 0.121. The van der Waals surface area contributed by atoms with Gasteiger partial charge in [-0.1, -0.05) is 49.4 Å². The Balaban J connectivity index is 0.00000289. The summed E-state index contributed by atoms with van der Waals surface area (Å²) in [6.07, 6.45) is 6.54. The maximum absolute atomic E-state index is 9.76. The fraction of sp³-hybridized carbons (Fsp3) is 0.385. The van der Waals surface area contributed by atoms with Crippen LogP contribution in [0.5, 0.6) is 11.6 Å². The molecule has 3 aromatic rings. The van der Waals surface area contributed by atoms with E-state index < -0.39 is 0 Å². The molecule has 6 heteroatoms. The van der Waals surface area contributed by atoms with Crippen LogP contribution in [0.25, 0.3) is 0 Å². The van der Waals surface area contributed by atoms with Gasteiger partial charge in [-0.3, -0.25) is 4.90 Å². The van der Waals surface area contributed by atoms with Crippen LogP contribution in [0.4, 0.5) is 0 Å². The van der Waals surface area contributed by atoms with E-state index in [1.807, 2.05) is 0 Å². The molecule has 0 bridgehead atoms. The fourth-order valence-electron chi connectivity index (χ4n) is 4.50. The van der Waals surface area contributed by atoms with Crippen molar-refractivity contribution in [1.82, 2.24) is 14.9 Å². The first-order valence-corrected chi connectivity index (χ1v) is 11.2. The highest BCUT2D eigenvalue weighted by Gasteiger charge is 2.28. The second-order valence-electron chi connectivity index (χ2n) is 8.53. The highest BCUT2D eigenvalue weighted by Crippen LogP contribution is 2.35. The van der Waals surface area contributed by atoms with Crippen molar-refractivity contribution in [1.29, 1.82) is 0 Å². The third-order valence-corrected chi connectivity index (χ3v) is 6.22. The van der Waals surface area contributed by atoms with E-state index in [9.17, 15) is 5.11 Å². The molecule has 0 amide bonds. The topological polar surface area (TPSA) is 58.5 Å². The lowest BCUT2D eigenvalue weighted by atomic mass is 9.87. The van der Waals surface area contributed by atoms with E-state index in [2.05, 4.69) is 64.3 Å². The highest BCUT2D eigenvalue weighted by molar-refractivity contribution is 5.85. The van der Waals surface area contributed by atoms with E-state index in [1.165, 1.54) is 30.3 Å². The van der Waals surface area contributed by atoms with Crippen molar-refractivity contribution in [2.45, 2.75) is 38.1 Å². The first kappa shape index (κ1) is 24.0. The normalized spacial score (nSPS) is 16.7. The van der Waals surface area contributed by atoms with Crippen molar-refractivity contribution in [3.8, 4) is 11.6 Å². The van der Waals surface area contributed by atoms with Crippen LogP contribution in [0.1, 0.15) is 49.3 Å². The van der Waals surface area contributed by atoms with Crippen LogP contribution in [0.15, 0.2) is 73.2 Å². The van der Waals surface area contributed by atoms with E-state index in [0.29, 0.717) is 36.1 Å². The minimum absolute atomic E-state index is 0. The van der Waals surface area contributed by atoms with Crippen molar-refractivity contribution in [3.05, 3.63) is 84.3 Å². The maximum Gasteiger partial charge on any atom is 0.216 e. The Hall–Kier alpha value is -2.63. The van der Waals surface area contributed by atoms with E-state index in [4.69, 9.17) is 4.74 Å². The molecular weight excluding hydrogens is 422 g/mol. The summed E-state index contributed by atoms with van der Waals surface area (Å²) in [6, 6.07) is 20.7. The van der Waals surface area contributed by atoms with Gasteiger partial charge in [-0.05, 0) is 67.4 Å². The number of hydrogen-bond donors (Lipinski definition) is 1. The zero-order valence-corrected chi connectivity index (χ0v) is 19.3. The Morgan fingerprint density at radius 3 is 2.41 bits per heavy atom. The van der Waals surface area contributed by atoms with E-state index in [-0.39, 0.29) is 12.4 Å². The highest BCUT2D eigenvalue weighted by atomic mass is 35.5. The molecule has 32 heavy (non-hydrogen) atoms. The minimum Gasteiger partial charge on any atom is -0.508 e. The van der Waals surface area contributed by atoms with E-state index in [0.717, 1.165) is 19.5 Å². The van der Waals surface area contributed by atoms with Gasteiger partial charge in [0.25, 0.3) is 0 Å². The smallest absolute Gasteiger partial charge is 0.216 e. The number of hydrogen-bond acceptors (Lipinski definition) is 5. The van der Waals surface area contributed by atoms with E-state index >= 15 is 0 Å². The first-order valence-electron chi connectivity index (χ1n) is 11.2. The molecule has 2 atom stereocenters. The summed E-state index contributed by atoms with van der Waals surface area (Å²) in [7, 11) is 0. The van der Waals surface area contributed by atoms with Crippen LogP contribution >= 0.6 is 12.4 Å². The second kappa shape index (κ2) is 11.8. The largest absolute Gasteiger partial charge is 0.508 e. The van der Waals surface area contributed by atoms with Crippen LogP contribution < -0.4 is 4.74 Å². The molecule has 1 aromatic heterocycles. The third kappa shape index (κ3) is 6.44. The molecule has 0 saturated carbocycles. The Morgan fingerprint density at radius 1 is 1.03 bits per heavy atom. The van der Waals surface area contributed by atoms with Crippen LogP contribution in [0.3, 0.4) is 0 Å². The standard InChI is InChI=1S/C26H31N3O2.ClH/c1-20(18-31-26-11-14-27-19-28-26)17-25(23-7-9-24(30)10-8-23)29-15-12-22(13-16-29)21-5-3-2-4-6-21;/h2-11,14,19-20,22,25,30H,12-13,15-18H2,1H3;1H. The third-order valence-electron chi connectivity index (χ3n) is 6.22. The molecule has 1 aliphatic heterocycles. The zero-order valence-electron chi connectivity index (χ0n) is 18.5. The first-order chi connectivity index (χ1) is 15.2. The SMILES string of the molecule is CC(COc1ccncn1)CC(c1ccc(O)cc1)N1CCC(c2ccccc2)CC1.Cl. The molecule has 0 aliphatic carbocycles. The van der Waals surface area contributed by atoms with Gasteiger partial charge in [0.2, 0.25) is 5.88 Å². The summed E-state index contributed by atoms with van der Waals surface area (Å²) in [4.78, 5) is 10.7. The Bertz CT molecular complexity index is 917. The Kier molecular flexibility index (Phi) is 8.89. The monoisotopic (exact) mass is 453 g/mol. The average molecular weight is 454 g/mol. The van der Waals surface area contributed by atoms with Gasteiger partial charge < -0.3 is 9.84 Å². The number of benzene rings is 2. The van der Waals surface area contributed by atoms with Crippen LogP contribution in [-0.2, 0) is 0 Å². The average Bonchev–Trinajstić information content (AvgIpc) is 2.83. The molecule has 170 valence electrons. The quantitative estimate of drug-likeness (QED) is 0.479. The van der Waals surface area contributed by atoms with Gasteiger partial charge in [0.15, 0.2) is 0 Å². The number of aromatic hydroxyl groups is 1. The second-order valence-corrected chi connectivity index (χ2v) is 8.53. The predicted octanol–water partition coefficient (Wildman–Crippen LogP) is 5.63. The predicted molar refractivity (Wildman–Crippen MR) is 129 cm³/mol. The number of likely N-dealkylation sites (tertiary alicyclic amines) is 1. The molecule has 1 aliphatic rings. The van der Waals surface area contributed by atoms with Gasteiger partial charge in [-0.2, -0.15) is 0 Å². The summed E-state index contributed by atoms with van der Waals surface area (Å²) in [5.41, 5.74) is 2.71. The summed E-state index contributed by atoms with van der Waals surface area (Å²) in [5, 5.41) is 9.76. The molecule has 0 spiro atoms. The molecule has 4 rings (SSSR count). The molecule has 0 radical (unpaired) electrons. The number of halogens is 1. The summed E-state index contributed by atoms with van der Waals surface area (Å²) in [6.45, 7) is 4.99. The van der Waals surface area contributed by atoms with Gasteiger partial charge in [0.1, 0.15) is 12.1 Å². The number of piperidine rings is 1. The van der Waals surface area contributed by atoms with Gasteiger partial charge in [-0.15, -0.1) is 12.4 Å². The molecule has 2 aromatic carbocycles. The molecular formula is C26H32ClN3O2. The van der Waals surface area contributed by atoms with Crippen molar-refractivity contribution in [2.24, 2.45) is 5.92 Å². The van der Waals surface area contributed by atoms with Gasteiger partial charge in [0, 0.05) is 18.3 Å². The van der Waals surface area contributed by atoms with Crippen molar-refractivity contribution in [2.75, 3.05) is 19.7 Å². The van der Waals surface area contributed by atoms with Crippen LogP contribution in [0, 0.1) is 5.92 Å². The number of phenols is 1. The number of ether oxygens (including phenoxy) is 1. The molecule has 1 N–H and O–H groups in total. The fourth-order valence-corrected chi connectivity index (χ4v) is 4.50. The van der Waals surface area contributed by atoms with Gasteiger partial charge in [-0.25, -0.2) is 9.97 Å². The van der Waals surface area contributed by atoms with Crippen molar-refractivity contribution in [3.63, 3.8) is 0 Å². The molecule has 2 unspecified atom stereocenters. The van der Waals surface area contributed by atoms with Crippen molar-refractivity contribution < 1.29 is 9.84 Å². The lowest BCUT2D eigenvalue weighted by Crippen LogP contribution is -2.37. The minimum atomic E-state index is 0. The summed E-state index contributed by atoms with van der Waals surface area (Å²) in [5.74, 6) is 1.93. The van der Waals surface area contributed by atoms with Gasteiger partial charge >= 0.3 is 0 Å². The summed E-state index contributed by atoms with van der Waals surface area (Å²) < 4.78 is 5.88. The number of phenolic OH excluding ortho intramolecular Hbond substituents is 1. The number of aromatic nitrogens is 2. The Labute approximate surface area is 196 Å². The van der Waals surface area contributed by atoms with Gasteiger partial charge in [0.05, 0.1) is 6.61 Å². The lowest BCUT2D eigenvalue weighted by Gasteiger charge is -2.39. The molecule has 1 saturated heterocycles. The number of rotatable bonds is 8. The van der Waals surface area contributed by atoms with Crippen LogP contribution in [0.2, 0.25) is 0 Å². The summed E-state index contributed by atoms with van der Waals surface area (Å²) >= 11 is 0.